The maximum atomic E-state index is 4.65. The highest BCUT2D eigenvalue weighted by atomic mass is 32.2. The number of ether oxygens (including phenoxy) is 1. The molecular weight excluding hydrogens is 346 g/mol. The summed E-state index contributed by atoms with van der Waals surface area (Å²) in [6, 6.07) is 1.72. The fourth-order valence-electron chi connectivity index (χ4n) is 1.09. The first-order chi connectivity index (χ1) is 12.5. The average molecular weight is 365 g/mol. The van der Waals surface area contributed by atoms with Gasteiger partial charge in [0.05, 0.1) is 25.1 Å². The fourth-order valence-corrected chi connectivity index (χ4v) is 1.77. The first kappa shape index (κ1) is 20.2. The van der Waals surface area contributed by atoms with Crippen molar-refractivity contribution in [3.63, 3.8) is 0 Å². The van der Waals surface area contributed by atoms with E-state index in [4.69, 9.17) is 0 Å². The predicted molar refractivity (Wildman–Crippen MR) is 92.8 cm³/mol. The minimum Gasteiger partial charge on any atom is -0.482 e. The zero-order valence-corrected chi connectivity index (χ0v) is 14.3. The number of nitrogens with zero attached hydrogens (tertiary/aromatic N) is 5. The molecule has 5 rings (SSSR count). The molecule has 134 valence electrons. The van der Waals surface area contributed by atoms with E-state index in [1.165, 1.54) is 50.0 Å². The molecule has 0 aromatic carbocycles. The SMILES string of the molecule is C1=CSCC1.C1=NCCO1.c1cnoc1.c1cocn1.c1conn1. The third kappa shape index (κ3) is 15.8. The zero-order chi connectivity index (χ0) is 17.7. The molecule has 3 aromatic heterocycles. The van der Waals surface area contributed by atoms with Crippen molar-refractivity contribution in [3.05, 3.63) is 61.3 Å². The van der Waals surface area contributed by atoms with Gasteiger partial charge in [-0.2, -0.15) is 0 Å². The molecule has 0 saturated heterocycles. The van der Waals surface area contributed by atoms with Crippen molar-refractivity contribution < 1.29 is 18.2 Å². The van der Waals surface area contributed by atoms with Crippen molar-refractivity contribution in [3.8, 4) is 0 Å². The minimum atomic E-state index is 0.778. The number of allylic oxidation sites excluding steroid dienone is 1. The number of hydrogen-bond donors (Lipinski definition) is 0. The number of thioether (sulfide) groups is 1. The smallest absolute Gasteiger partial charge is 0.180 e. The van der Waals surface area contributed by atoms with Crippen LogP contribution in [0, 0.1) is 0 Å². The molecule has 0 N–H and O–H groups in total. The summed E-state index contributed by atoms with van der Waals surface area (Å²) in [5, 5.41) is 11.9. The first-order valence-electron chi connectivity index (χ1n) is 7.24. The third-order valence-corrected chi connectivity index (χ3v) is 2.92. The number of oxazole rings is 1. The average Bonchev–Trinajstić information content (AvgIpc) is 3.55. The van der Waals surface area contributed by atoms with Crippen LogP contribution in [0.1, 0.15) is 6.42 Å². The molecule has 0 saturated carbocycles. The van der Waals surface area contributed by atoms with E-state index in [-0.39, 0.29) is 0 Å². The van der Waals surface area contributed by atoms with Gasteiger partial charge in [-0.3, -0.25) is 4.99 Å². The van der Waals surface area contributed by atoms with Gasteiger partial charge in [-0.1, -0.05) is 11.2 Å². The topological polar surface area (TPSA) is 113 Å². The van der Waals surface area contributed by atoms with Crippen molar-refractivity contribution in [1.82, 2.24) is 20.5 Å². The molecule has 9 nitrogen and oxygen atoms in total. The Morgan fingerprint density at radius 2 is 2.00 bits per heavy atom. The van der Waals surface area contributed by atoms with Gasteiger partial charge in [0.1, 0.15) is 25.4 Å². The second-order valence-corrected chi connectivity index (χ2v) is 4.88. The number of rotatable bonds is 0. The molecule has 2 aliphatic rings. The molecule has 0 fully saturated rings. The zero-order valence-electron chi connectivity index (χ0n) is 13.5. The molecule has 0 spiro atoms. The molecule has 2 aliphatic heterocycles. The predicted octanol–water partition coefficient (Wildman–Crippen LogP) is 3.10. The summed E-state index contributed by atoms with van der Waals surface area (Å²) < 4.78 is 17.7. The molecule has 0 bridgehead atoms. The molecule has 0 atom stereocenters. The van der Waals surface area contributed by atoms with Gasteiger partial charge in [-0.15, -0.1) is 16.9 Å². The lowest BCUT2D eigenvalue weighted by Crippen LogP contribution is -1.80. The Kier molecular flexibility index (Phi) is 14.1. The Balaban J connectivity index is 0.000000156. The summed E-state index contributed by atoms with van der Waals surface area (Å²) in [5.41, 5.74) is 0. The van der Waals surface area contributed by atoms with Crippen LogP contribution in [0.5, 0.6) is 0 Å². The second-order valence-electron chi connectivity index (χ2n) is 3.87. The molecule has 10 heteroatoms. The normalized spacial score (nSPS) is 12.8. The molecule has 0 amide bonds. The van der Waals surface area contributed by atoms with E-state index in [0.29, 0.717) is 0 Å². The highest BCUT2D eigenvalue weighted by Gasteiger charge is 1.85. The lowest BCUT2D eigenvalue weighted by atomic mass is 10.5. The van der Waals surface area contributed by atoms with Crippen LogP contribution in [0.4, 0.5) is 0 Å². The summed E-state index contributed by atoms with van der Waals surface area (Å²) in [6.07, 6.45) is 15.4. The highest BCUT2D eigenvalue weighted by molar-refractivity contribution is 8.02. The molecule has 0 unspecified atom stereocenters. The number of aliphatic imine (C=N–C) groups is 1. The monoisotopic (exact) mass is 365 g/mol. The van der Waals surface area contributed by atoms with Crippen LogP contribution in [0.2, 0.25) is 0 Å². The summed E-state index contributed by atoms with van der Waals surface area (Å²) in [5.74, 6) is 1.31. The van der Waals surface area contributed by atoms with Gasteiger partial charge in [0.2, 0.25) is 0 Å². The molecule has 0 radical (unpaired) electrons. The van der Waals surface area contributed by atoms with Crippen molar-refractivity contribution in [2.24, 2.45) is 4.99 Å². The van der Waals surface area contributed by atoms with Gasteiger partial charge in [0.25, 0.3) is 0 Å². The Morgan fingerprint density at radius 3 is 2.20 bits per heavy atom. The van der Waals surface area contributed by atoms with Crippen molar-refractivity contribution in [2.75, 3.05) is 18.9 Å². The number of hydrogen-bond acceptors (Lipinski definition) is 10. The third-order valence-electron chi connectivity index (χ3n) is 2.06. The van der Waals surface area contributed by atoms with E-state index in [1.54, 1.807) is 18.5 Å². The van der Waals surface area contributed by atoms with E-state index >= 15 is 0 Å². The van der Waals surface area contributed by atoms with Crippen molar-refractivity contribution >= 4 is 18.2 Å². The van der Waals surface area contributed by atoms with Crippen LogP contribution in [0.15, 0.2) is 79.8 Å². The van der Waals surface area contributed by atoms with Crippen LogP contribution in [0.25, 0.3) is 0 Å². The summed E-state index contributed by atoms with van der Waals surface area (Å²) in [7, 11) is 0. The fraction of sp³-hybridized carbons (Fsp3) is 0.267. The number of aromatic nitrogens is 4. The van der Waals surface area contributed by atoms with Crippen molar-refractivity contribution in [2.45, 2.75) is 6.42 Å². The van der Waals surface area contributed by atoms with E-state index in [2.05, 4.69) is 55.2 Å². The lowest BCUT2D eigenvalue weighted by Gasteiger charge is -1.76. The maximum absolute atomic E-state index is 4.65. The molecular formula is C15H19N5O4S. The first-order valence-corrected chi connectivity index (χ1v) is 8.29. The maximum Gasteiger partial charge on any atom is 0.180 e. The van der Waals surface area contributed by atoms with Crippen molar-refractivity contribution in [1.29, 1.82) is 0 Å². The van der Waals surface area contributed by atoms with Crippen LogP contribution < -0.4 is 0 Å². The summed E-state index contributed by atoms with van der Waals surface area (Å²) in [4.78, 5) is 7.29. The van der Waals surface area contributed by atoms with Gasteiger partial charge >= 0.3 is 0 Å². The molecule has 25 heavy (non-hydrogen) atoms. The second kappa shape index (κ2) is 17.5. The largest absolute Gasteiger partial charge is 0.482 e. The van der Waals surface area contributed by atoms with Gasteiger partial charge in [0.15, 0.2) is 12.8 Å². The van der Waals surface area contributed by atoms with Gasteiger partial charge < -0.3 is 18.2 Å². The minimum absolute atomic E-state index is 0.778. The van der Waals surface area contributed by atoms with Gasteiger partial charge in [0, 0.05) is 11.0 Å². The van der Waals surface area contributed by atoms with Gasteiger partial charge in [-0.05, 0) is 17.9 Å². The summed E-state index contributed by atoms with van der Waals surface area (Å²) in [6.45, 7) is 1.62. The quantitative estimate of drug-likeness (QED) is 0.593. The molecule has 5 heterocycles. The highest BCUT2D eigenvalue weighted by Crippen LogP contribution is 2.11. The van der Waals surface area contributed by atoms with Crippen LogP contribution in [-0.2, 0) is 4.74 Å². The Labute approximate surface area is 149 Å². The van der Waals surface area contributed by atoms with Gasteiger partial charge in [-0.25, -0.2) is 4.98 Å². The Hall–Kier alpha value is -2.88. The Bertz CT molecular complexity index is 458. The van der Waals surface area contributed by atoms with E-state index < -0.39 is 0 Å². The standard InChI is InChI=1S/C4H6S.C3H5NO.2C3H3NO.C2H2N2O/c1-2-4-5-3-1;2*1-2-5-3-4-1;1-2-4-5-3-1;1-2-5-4-3-1/h1,3H,2,4H2;3H,1-2H2;2*1-3H;1-2H. The van der Waals surface area contributed by atoms with E-state index in [1.807, 2.05) is 11.8 Å². The van der Waals surface area contributed by atoms with Crippen LogP contribution in [-0.4, -0.2) is 45.8 Å². The van der Waals surface area contributed by atoms with Crippen LogP contribution in [0.3, 0.4) is 0 Å². The molecule has 0 aliphatic carbocycles. The lowest BCUT2D eigenvalue weighted by molar-refractivity contribution is 0.361. The van der Waals surface area contributed by atoms with E-state index in [9.17, 15) is 0 Å². The van der Waals surface area contributed by atoms with Crippen LogP contribution >= 0.6 is 11.8 Å². The summed E-state index contributed by atoms with van der Waals surface area (Å²) >= 11 is 1.89. The van der Waals surface area contributed by atoms with E-state index in [0.717, 1.165) is 13.2 Å². The molecule has 3 aromatic rings. The Morgan fingerprint density at radius 1 is 1.00 bits per heavy atom.